The van der Waals surface area contributed by atoms with Gasteiger partial charge in [0.15, 0.2) is 5.82 Å². The molecule has 0 atom stereocenters. The van der Waals surface area contributed by atoms with Crippen LogP contribution in [0.3, 0.4) is 0 Å². The van der Waals surface area contributed by atoms with Gasteiger partial charge < -0.3 is 14.9 Å². The molecule has 1 aromatic heterocycles. The van der Waals surface area contributed by atoms with Crippen LogP contribution in [0, 0.1) is 5.41 Å². The van der Waals surface area contributed by atoms with E-state index in [1.807, 2.05) is 18.2 Å². The number of hydrogen-bond acceptors (Lipinski definition) is 5. The second-order valence-electron chi connectivity index (χ2n) is 5.84. The van der Waals surface area contributed by atoms with E-state index in [4.69, 9.17) is 9.63 Å². The smallest absolute Gasteiger partial charge is 0.240 e. The van der Waals surface area contributed by atoms with Crippen LogP contribution in [0.1, 0.15) is 36.5 Å². The molecule has 21 heavy (non-hydrogen) atoms. The first-order valence-corrected chi connectivity index (χ1v) is 7.47. The van der Waals surface area contributed by atoms with E-state index in [1.165, 1.54) is 18.4 Å². The highest BCUT2D eigenvalue weighted by atomic mass is 16.5. The van der Waals surface area contributed by atoms with Crippen molar-refractivity contribution in [3.8, 4) is 0 Å². The molecule has 5 nitrogen and oxygen atoms in total. The van der Waals surface area contributed by atoms with E-state index in [2.05, 4.69) is 27.6 Å². The number of hydrogen-bond donors (Lipinski definition) is 2. The summed E-state index contributed by atoms with van der Waals surface area (Å²) in [4.78, 5) is 4.40. The summed E-state index contributed by atoms with van der Waals surface area (Å²) in [6.07, 6.45) is 3.97. The number of aliphatic hydroxyl groups excluding tert-OH is 1. The predicted octanol–water partition coefficient (Wildman–Crippen LogP) is 1.91. The molecule has 1 aromatic carbocycles. The maximum atomic E-state index is 9.03. The number of aromatic nitrogens is 2. The molecule has 0 radical (unpaired) electrons. The Labute approximate surface area is 124 Å². The fourth-order valence-electron chi connectivity index (χ4n) is 2.58. The van der Waals surface area contributed by atoms with Crippen molar-refractivity contribution in [1.82, 2.24) is 15.5 Å². The summed E-state index contributed by atoms with van der Waals surface area (Å²) >= 11 is 0. The standard InChI is InChI=1S/C16H21N3O2/c20-9-8-16(6-7-16)12-17-11-15-18-14(19-21-15)10-13-4-2-1-3-5-13/h1-5,17,20H,6-12H2. The van der Waals surface area contributed by atoms with E-state index < -0.39 is 0 Å². The van der Waals surface area contributed by atoms with Crippen LogP contribution in [0.2, 0.25) is 0 Å². The maximum absolute atomic E-state index is 9.03. The van der Waals surface area contributed by atoms with Crippen molar-refractivity contribution in [2.45, 2.75) is 32.2 Å². The first kappa shape index (κ1) is 14.2. The van der Waals surface area contributed by atoms with Crippen LogP contribution < -0.4 is 5.32 Å². The summed E-state index contributed by atoms with van der Waals surface area (Å²) in [6.45, 7) is 1.77. The quantitative estimate of drug-likeness (QED) is 0.776. The van der Waals surface area contributed by atoms with Crippen LogP contribution in [0.15, 0.2) is 34.9 Å². The number of rotatable bonds is 8. The molecule has 0 spiro atoms. The molecule has 2 N–H and O–H groups in total. The number of aliphatic hydroxyl groups is 1. The lowest BCUT2D eigenvalue weighted by Crippen LogP contribution is -2.24. The third-order valence-electron chi connectivity index (χ3n) is 4.09. The minimum absolute atomic E-state index is 0.267. The van der Waals surface area contributed by atoms with Crippen molar-refractivity contribution >= 4 is 0 Å². The second-order valence-corrected chi connectivity index (χ2v) is 5.84. The van der Waals surface area contributed by atoms with Crippen molar-refractivity contribution in [3.05, 3.63) is 47.6 Å². The molecule has 0 amide bonds. The molecule has 3 rings (SSSR count). The first-order valence-electron chi connectivity index (χ1n) is 7.47. The lowest BCUT2D eigenvalue weighted by molar-refractivity contribution is 0.243. The summed E-state index contributed by atoms with van der Waals surface area (Å²) in [6, 6.07) is 10.1. The summed E-state index contributed by atoms with van der Waals surface area (Å²) < 4.78 is 5.26. The van der Waals surface area contributed by atoms with Crippen LogP contribution in [0.25, 0.3) is 0 Å². The van der Waals surface area contributed by atoms with Crippen LogP contribution in [0.4, 0.5) is 0 Å². The minimum Gasteiger partial charge on any atom is -0.396 e. The highest BCUT2D eigenvalue weighted by Crippen LogP contribution is 2.47. The molecule has 0 bridgehead atoms. The van der Waals surface area contributed by atoms with Gasteiger partial charge in [0.1, 0.15) is 0 Å². The summed E-state index contributed by atoms with van der Waals surface area (Å²) in [7, 11) is 0. The lowest BCUT2D eigenvalue weighted by Gasteiger charge is -2.13. The Morgan fingerprint density at radius 3 is 2.76 bits per heavy atom. The van der Waals surface area contributed by atoms with E-state index in [0.717, 1.165) is 18.8 Å². The molecular weight excluding hydrogens is 266 g/mol. The molecule has 1 aliphatic carbocycles. The zero-order valence-corrected chi connectivity index (χ0v) is 12.1. The fraction of sp³-hybridized carbons (Fsp3) is 0.500. The Balaban J connectivity index is 1.47. The fourth-order valence-corrected chi connectivity index (χ4v) is 2.58. The van der Waals surface area contributed by atoms with Gasteiger partial charge >= 0.3 is 0 Å². The van der Waals surface area contributed by atoms with Crippen molar-refractivity contribution in [3.63, 3.8) is 0 Å². The number of benzene rings is 1. The zero-order chi connectivity index (χ0) is 14.5. The van der Waals surface area contributed by atoms with E-state index in [-0.39, 0.29) is 6.61 Å². The van der Waals surface area contributed by atoms with Gasteiger partial charge in [-0.15, -0.1) is 0 Å². The van der Waals surface area contributed by atoms with E-state index in [9.17, 15) is 0 Å². The molecule has 1 heterocycles. The Morgan fingerprint density at radius 1 is 1.24 bits per heavy atom. The second kappa shape index (κ2) is 6.37. The van der Waals surface area contributed by atoms with Gasteiger partial charge in [0.05, 0.1) is 6.54 Å². The molecule has 112 valence electrons. The van der Waals surface area contributed by atoms with Gasteiger partial charge in [-0.25, -0.2) is 0 Å². The average Bonchev–Trinajstić information content (AvgIpc) is 3.11. The van der Waals surface area contributed by atoms with Crippen LogP contribution in [-0.2, 0) is 13.0 Å². The highest BCUT2D eigenvalue weighted by Gasteiger charge is 2.41. The molecule has 0 unspecified atom stereocenters. The summed E-state index contributed by atoms with van der Waals surface area (Å²) in [5.74, 6) is 1.34. The van der Waals surface area contributed by atoms with Gasteiger partial charge in [0.25, 0.3) is 0 Å². The molecular formula is C16H21N3O2. The van der Waals surface area contributed by atoms with Gasteiger partial charge in [-0.2, -0.15) is 4.98 Å². The molecule has 0 saturated heterocycles. The summed E-state index contributed by atoms with van der Waals surface area (Å²) in [5, 5.41) is 16.4. The Hall–Kier alpha value is -1.72. The van der Waals surface area contributed by atoms with Gasteiger partial charge in [-0.3, -0.25) is 0 Å². The molecule has 5 heteroatoms. The molecule has 2 aromatic rings. The van der Waals surface area contributed by atoms with E-state index in [0.29, 0.717) is 24.3 Å². The molecule has 0 aliphatic heterocycles. The van der Waals surface area contributed by atoms with Crippen LogP contribution in [-0.4, -0.2) is 28.4 Å². The Bertz CT molecular complexity index is 564. The highest BCUT2D eigenvalue weighted by molar-refractivity contribution is 5.18. The monoisotopic (exact) mass is 287 g/mol. The maximum Gasteiger partial charge on any atom is 0.240 e. The van der Waals surface area contributed by atoms with Gasteiger partial charge in [0.2, 0.25) is 5.89 Å². The van der Waals surface area contributed by atoms with Crippen molar-refractivity contribution in [1.29, 1.82) is 0 Å². The molecule has 1 saturated carbocycles. The molecule has 1 fully saturated rings. The van der Waals surface area contributed by atoms with Gasteiger partial charge in [-0.1, -0.05) is 35.5 Å². The van der Waals surface area contributed by atoms with Crippen molar-refractivity contribution < 1.29 is 9.63 Å². The van der Waals surface area contributed by atoms with Gasteiger partial charge in [-0.05, 0) is 30.2 Å². The third kappa shape index (κ3) is 3.89. The SMILES string of the molecule is OCCC1(CNCc2nc(Cc3ccccc3)no2)CC1. The normalized spacial score (nSPS) is 16.0. The summed E-state index contributed by atoms with van der Waals surface area (Å²) in [5.41, 5.74) is 1.49. The van der Waals surface area contributed by atoms with Crippen LogP contribution in [0.5, 0.6) is 0 Å². The average molecular weight is 287 g/mol. The Kier molecular flexibility index (Phi) is 4.31. The number of nitrogens with zero attached hydrogens (tertiary/aromatic N) is 2. The Morgan fingerprint density at radius 2 is 2.05 bits per heavy atom. The lowest BCUT2D eigenvalue weighted by atomic mass is 10.0. The number of nitrogens with one attached hydrogen (secondary N) is 1. The van der Waals surface area contributed by atoms with Crippen molar-refractivity contribution in [2.24, 2.45) is 5.41 Å². The molecule has 1 aliphatic rings. The topological polar surface area (TPSA) is 71.2 Å². The van der Waals surface area contributed by atoms with Gasteiger partial charge in [0, 0.05) is 19.6 Å². The zero-order valence-electron chi connectivity index (χ0n) is 12.1. The van der Waals surface area contributed by atoms with Crippen molar-refractivity contribution in [2.75, 3.05) is 13.2 Å². The van der Waals surface area contributed by atoms with E-state index in [1.54, 1.807) is 0 Å². The third-order valence-corrected chi connectivity index (χ3v) is 4.09. The predicted molar refractivity (Wildman–Crippen MR) is 78.6 cm³/mol. The minimum atomic E-state index is 0.267. The largest absolute Gasteiger partial charge is 0.396 e. The van der Waals surface area contributed by atoms with Crippen LogP contribution >= 0.6 is 0 Å². The first-order chi connectivity index (χ1) is 10.3. The van der Waals surface area contributed by atoms with E-state index >= 15 is 0 Å².